The first-order valence-corrected chi connectivity index (χ1v) is 9.53. The van der Waals surface area contributed by atoms with E-state index in [-0.39, 0.29) is 28.0 Å². The molecule has 2 aromatic carbocycles. The van der Waals surface area contributed by atoms with Gasteiger partial charge >= 0.3 is 0 Å². The van der Waals surface area contributed by atoms with Gasteiger partial charge in [0.15, 0.2) is 5.78 Å². The van der Waals surface area contributed by atoms with Gasteiger partial charge in [0.2, 0.25) is 0 Å². The van der Waals surface area contributed by atoms with Crippen molar-refractivity contribution < 1.29 is 13.4 Å². The summed E-state index contributed by atoms with van der Waals surface area (Å²) in [6, 6.07) is 10.1. The van der Waals surface area contributed by atoms with Crippen LogP contribution in [-0.2, 0) is 10.8 Å². The van der Waals surface area contributed by atoms with Crippen molar-refractivity contribution in [2.45, 2.75) is 42.6 Å². The summed E-state index contributed by atoms with van der Waals surface area (Å²) in [5.74, 6) is -0.273. The number of carbonyl (C=O) groups excluding carboxylic acids is 1. The van der Waals surface area contributed by atoms with E-state index in [0.717, 1.165) is 19.3 Å². The summed E-state index contributed by atoms with van der Waals surface area (Å²) in [5.41, 5.74) is 0.609. The van der Waals surface area contributed by atoms with Crippen LogP contribution in [0.2, 0.25) is 0 Å². The lowest BCUT2D eigenvalue weighted by Crippen LogP contribution is -2.41. The van der Waals surface area contributed by atoms with Crippen LogP contribution in [0.4, 0.5) is 4.39 Å². The summed E-state index contributed by atoms with van der Waals surface area (Å²) < 4.78 is 26.3. The molecule has 2 saturated heterocycles. The van der Waals surface area contributed by atoms with Gasteiger partial charge in [-0.1, -0.05) is 30.7 Å². The molecule has 2 unspecified atom stereocenters. The van der Waals surface area contributed by atoms with Crippen LogP contribution in [0.1, 0.15) is 42.5 Å². The molecule has 2 aliphatic rings. The van der Waals surface area contributed by atoms with Gasteiger partial charge in [-0.05, 0) is 43.2 Å². The second-order valence-corrected chi connectivity index (χ2v) is 8.67. The summed E-state index contributed by atoms with van der Waals surface area (Å²) in [7, 11) is -0.773. The second-order valence-electron chi connectivity index (χ2n) is 6.68. The van der Waals surface area contributed by atoms with E-state index in [4.69, 9.17) is 0 Å². The molecule has 2 aliphatic heterocycles. The van der Waals surface area contributed by atoms with Crippen molar-refractivity contribution in [1.29, 1.82) is 0 Å². The highest BCUT2D eigenvalue weighted by Gasteiger charge is 2.40. The van der Waals surface area contributed by atoms with Gasteiger partial charge in [-0.25, -0.2) is 4.39 Å². The number of halogens is 1. The average Bonchev–Trinajstić information content (AvgIpc) is 2.55. The van der Waals surface area contributed by atoms with Gasteiger partial charge in [0.1, 0.15) is 5.82 Å². The molecule has 0 aromatic heterocycles. The first-order chi connectivity index (χ1) is 11.1. The lowest BCUT2D eigenvalue weighted by molar-refractivity contribution is 0.0897. The van der Waals surface area contributed by atoms with E-state index >= 15 is 0 Å². The van der Waals surface area contributed by atoms with Crippen LogP contribution in [0, 0.1) is 11.7 Å². The third kappa shape index (κ3) is 2.53. The molecule has 2 bridgehead atoms. The number of hydrogen-bond acceptors (Lipinski definition) is 2. The largest absolute Gasteiger partial charge is 0.294 e. The van der Waals surface area contributed by atoms with Gasteiger partial charge in [0, 0.05) is 38.2 Å². The van der Waals surface area contributed by atoms with E-state index < -0.39 is 10.8 Å². The van der Waals surface area contributed by atoms with Crippen molar-refractivity contribution in [2.24, 2.45) is 5.92 Å². The molecule has 23 heavy (non-hydrogen) atoms. The molecule has 120 valence electrons. The first-order valence-electron chi connectivity index (χ1n) is 8.26. The lowest BCUT2D eigenvalue weighted by atomic mass is 9.83. The minimum atomic E-state index is -0.773. The maximum atomic E-state index is 14.0. The van der Waals surface area contributed by atoms with Gasteiger partial charge in [-0.15, -0.1) is 0 Å². The molecular formula is C19H19FO2S. The van der Waals surface area contributed by atoms with Gasteiger partial charge in [0.25, 0.3) is 0 Å². The Hall–Kier alpha value is -1.55. The van der Waals surface area contributed by atoms with Crippen LogP contribution in [-0.4, -0.2) is 20.5 Å². The fraction of sp³-hybridized carbons (Fsp3) is 0.421. The van der Waals surface area contributed by atoms with E-state index in [9.17, 15) is 13.4 Å². The predicted octanol–water partition coefficient (Wildman–Crippen LogP) is 4.24. The Kier molecular flexibility index (Phi) is 3.80. The Morgan fingerprint density at radius 3 is 2.35 bits per heavy atom. The SMILES string of the molecule is O=C(c1ccc(F)c2ccccc12)C1CC2CCCC(C1)S2=O. The third-order valence-corrected chi connectivity index (χ3v) is 7.48. The Morgan fingerprint density at radius 2 is 1.65 bits per heavy atom. The van der Waals surface area contributed by atoms with Crippen LogP contribution in [0.25, 0.3) is 10.8 Å². The highest BCUT2D eigenvalue weighted by molar-refractivity contribution is 7.86. The highest BCUT2D eigenvalue weighted by atomic mass is 32.2. The Labute approximate surface area is 137 Å². The monoisotopic (exact) mass is 330 g/mol. The van der Waals surface area contributed by atoms with E-state index in [1.54, 1.807) is 18.2 Å². The second kappa shape index (κ2) is 5.82. The van der Waals surface area contributed by atoms with E-state index in [2.05, 4.69) is 0 Å². The van der Waals surface area contributed by atoms with Gasteiger partial charge < -0.3 is 0 Å². The number of Topliss-reactive ketones (excluding diaryl/α,β-unsaturated/α-hetero) is 1. The summed E-state index contributed by atoms with van der Waals surface area (Å²) in [6.45, 7) is 0. The normalized spacial score (nSPS) is 30.3. The van der Waals surface area contributed by atoms with Crippen LogP contribution in [0.15, 0.2) is 36.4 Å². The van der Waals surface area contributed by atoms with Crippen LogP contribution >= 0.6 is 0 Å². The molecule has 2 nitrogen and oxygen atoms in total. The number of fused-ring (bicyclic) bond motifs is 3. The zero-order valence-corrected chi connectivity index (χ0v) is 13.7. The Bertz CT molecular complexity index is 785. The molecule has 2 aromatic rings. The van der Waals surface area contributed by atoms with Crippen LogP contribution < -0.4 is 0 Å². The zero-order valence-electron chi connectivity index (χ0n) is 12.8. The van der Waals surface area contributed by atoms with Crippen molar-refractivity contribution in [3.05, 3.63) is 47.8 Å². The minimum Gasteiger partial charge on any atom is -0.294 e. The minimum absolute atomic E-state index is 0.0723. The average molecular weight is 330 g/mol. The molecule has 0 radical (unpaired) electrons. The summed E-state index contributed by atoms with van der Waals surface area (Å²) in [5, 5.41) is 1.53. The van der Waals surface area contributed by atoms with E-state index in [0.29, 0.717) is 29.2 Å². The summed E-state index contributed by atoms with van der Waals surface area (Å²) in [6.07, 6.45) is 4.50. The molecule has 2 atom stereocenters. The molecule has 0 aliphatic carbocycles. The molecule has 0 saturated carbocycles. The summed E-state index contributed by atoms with van der Waals surface area (Å²) >= 11 is 0. The Balaban J connectivity index is 1.70. The summed E-state index contributed by atoms with van der Waals surface area (Å²) in [4.78, 5) is 13.0. The lowest BCUT2D eigenvalue weighted by Gasteiger charge is -2.37. The maximum Gasteiger partial charge on any atom is 0.166 e. The fourth-order valence-electron chi connectivity index (χ4n) is 4.15. The smallest absolute Gasteiger partial charge is 0.166 e. The molecule has 0 spiro atoms. The number of hydrogen-bond donors (Lipinski definition) is 0. The maximum absolute atomic E-state index is 14.0. The Morgan fingerprint density at radius 1 is 1.00 bits per heavy atom. The highest BCUT2D eigenvalue weighted by Crippen LogP contribution is 2.39. The van der Waals surface area contributed by atoms with Crippen LogP contribution in [0.5, 0.6) is 0 Å². The van der Waals surface area contributed by atoms with Crippen molar-refractivity contribution in [1.82, 2.24) is 0 Å². The van der Waals surface area contributed by atoms with E-state index in [1.807, 2.05) is 12.1 Å². The quantitative estimate of drug-likeness (QED) is 0.772. The molecular weight excluding hydrogens is 311 g/mol. The number of benzene rings is 2. The van der Waals surface area contributed by atoms with Crippen molar-refractivity contribution in [3.8, 4) is 0 Å². The molecule has 4 heteroatoms. The number of ketones is 1. The number of carbonyl (C=O) groups is 1. The first kappa shape index (κ1) is 15.0. The topological polar surface area (TPSA) is 34.1 Å². The predicted molar refractivity (Wildman–Crippen MR) is 90.5 cm³/mol. The molecule has 4 rings (SSSR count). The standard InChI is InChI=1S/C19H19FO2S/c20-18-9-8-17(15-6-1-2-7-16(15)18)19(21)12-10-13-4-3-5-14(11-12)23(13)22/h1-2,6-9,12-14H,3-5,10-11H2. The molecule has 0 N–H and O–H groups in total. The van der Waals surface area contributed by atoms with Crippen molar-refractivity contribution >= 4 is 27.4 Å². The van der Waals surface area contributed by atoms with Gasteiger partial charge in [0.05, 0.1) is 0 Å². The zero-order chi connectivity index (χ0) is 16.0. The van der Waals surface area contributed by atoms with Crippen molar-refractivity contribution in [3.63, 3.8) is 0 Å². The molecule has 2 fully saturated rings. The van der Waals surface area contributed by atoms with Gasteiger partial charge in [-0.3, -0.25) is 9.00 Å². The van der Waals surface area contributed by atoms with Gasteiger partial charge in [-0.2, -0.15) is 0 Å². The van der Waals surface area contributed by atoms with Crippen molar-refractivity contribution in [2.75, 3.05) is 0 Å². The third-order valence-electron chi connectivity index (χ3n) is 5.31. The molecule has 2 heterocycles. The molecule has 0 amide bonds. The van der Waals surface area contributed by atoms with E-state index in [1.165, 1.54) is 6.07 Å². The fourth-order valence-corrected chi connectivity index (χ4v) is 6.33. The number of rotatable bonds is 2. The van der Waals surface area contributed by atoms with Crippen LogP contribution in [0.3, 0.4) is 0 Å².